The van der Waals surface area contributed by atoms with E-state index < -0.39 is 23.0 Å². The van der Waals surface area contributed by atoms with Crippen LogP contribution in [-0.4, -0.2) is 15.6 Å². The highest BCUT2D eigenvalue weighted by molar-refractivity contribution is 5.97. The Kier molecular flexibility index (Phi) is 4.27. The SMILES string of the molecule is CCC(C)n1ccc(CC(=O)c2c(F)cccc2F)n1. The molecule has 1 aromatic carbocycles. The van der Waals surface area contributed by atoms with Crippen LogP contribution in [0.3, 0.4) is 0 Å². The maximum atomic E-state index is 13.5. The predicted molar refractivity (Wildman–Crippen MR) is 71.6 cm³/mol. The first-order valence-electron chi connectivity index (χ1n) is 6.54. The van der Waals surface area contributed by atoms with Crippen LogP contribution in [0.2, 0.25) is 0 Å². The molecule has 0 fully saturated rings. The lowest BCUT2D eigenvalue weighted by atomic mass is 10.1. The van der Waals surface area contributed by atoms with Crippen LogP contribution in [0.4, 0.5) is 8.78 Å². The van der Waals surface area contributed by atoms with Gasteiger partial charge in [-0.3, -0.25) is 9.48 Å². The number of ketones is 1. The van der Waals surface area contributed by atoms with E-state index in [0.717, 1.165) is 18.6 Å². The van der Waals surface area contributed by atoms with Gasteiger partial charge in [0.2, 0.25) is 0 Å². The second kappa shape index (κ2) is 5.94. The predicted octanol–water partition coefficient (Wildman–Crippen LogP) is 3.56. The van der Waals surface area contributed by atoms with Crippen molar-refractivity contribution in [3.63, 3.8) is 0 Å². The number of hydrogen-bond donors (Lipinski definition) is 0. The summed E-state index contributed by atoms with van der Waals surface area (Å²) in [6.07, 6.45) is 2.58. The number of halogens is 2. The third-order valence-electron chi connectivity index (χ3n) is 3.29. The van der Waals surface area contributed by atoms with Gasteiger partial charge in [-0.1, -0.05) is 13.0 Å². The maximum Gasteiger partial charge on any atom is 0.174 e. The van der Waals surface area contributed by atoms with Crippen LogP contribution in [0.5, 0.6) is 0 Å². The number of benzene rings is 1. The highest BCUT2D eigenvalue weighted by atomic mass is 19.1. The van der Waals surface area contributed by atoms with Crippen molar-refractivity contribution in [2.45, 2.75) is 32.7 Å². The molecule has 0 bridgehead atoms. The number of rotatable bonds is 5. The normalized spacial score (nSPS) is 12.4. The Bertz CT molecular complexity index is 602. The van der Waals surface area contributed by atoms with Gasteiger partial charge in [0.25, 0.3) is 0 Å². The van der Waals surface area contributed by atoms with Gasteiger partial charge in [0, 0.05) is 12.2 Å². The first-order chi connectivity index (χ1) is 9.52. The van der Waals surface area contributed by atoms with Gasteiger partial charge in [-0.05, 0) is 31.5 Å². The fraction of sp³-hybridized carbons (Fsp3) is 0.333. The first-order valence-corrected chi connectivity index (χ1v) is 6.54. The average Bonchev–Trinajstić information content (AvgIpc) is 2.86. The second-order valence-electron chi connectivity index (χ2n) is 4.74. The lowest BCUT2D eigenvalue weighted by molar-refractivity contribution is 0.0983. The van der Waals surface area contributed by atoms with E-state index in [9.17, 15) is 13.6 Å². The molecule has 2 rings (SSSR count). The van der Waals surface area contributed by atoms with Crippen LogP contribution in [0.15, 0.2) is 30.5 Å². The molecule has 0 spiro atoms. The minimum Gasteiger partial charge on any atom is -0.294 e. The van der Waals surface area contributed by atoms with Crippen molar-refractivity contribution in [2.75, 3.05) is 0 Å². The molecular formula is C15H16F2N2O. The van der Waals surface area contributed by atoms with Crippen molar-refractivity contribution in [3.05, 3.63) is 53.4 Å². The number of nitrogens with zero attached hydrogens (tertiary/aromatic N) is 2. The summed E-state index contributed by atoms with van der Waals surface area (Å²) in [5, 5.41) is 4.26. The zero-order valence-electron chi connectivity index (χ0n) is 11.4. The van der Waals surface area contributed by atoms with Gasteiger partial charge in [-0.2, -0.15) is 5.10 Å². The number of aromatic nitrogens is 2. The van der Waals surface area contributed by atoms with Crippen LogP contribution in [-0.2, 0) is 6.42 Å². The zero-order chi connectivity index (χ0) is 14.7. The molecule has 3 nitrogen and oxygen atoms in total. The van der Waals surface area contributed by atoms with E-state index in [1.54, 1.807) is 16.9 Å². The van der Waals surface area contributed by atoms with E-state index >= 15 is 0 Å². The van der Waals surface area contributed by atoms with E-state index in [-0.39, 0.29) is 12.5 Å². The molecule has 0 saturated heterocycles. The van der Waals surface area contributed by atoms with Crippen LogP contribution in [0, 0.1) is 11.6 Å². The Balaban J connectivity index is 2.18. The van der Waals surface area contributed by atoms with Crippen LogP contribution in [0.25, 0.3) is 0 Å². The molecule has 0 saturated carbocycles. The molecule has 0 amide bonds. The fourth-order valence-corrected chi connectivity index (χ4v) is 1.92. The van der Waals surface area contributed by atoms with Crippen molar-refractivity contribution in [1.82, 2.24) is 9.78 Å². The Morgan fingerprint density at radius 1 is 1.30 bits per heavy atom. The summed E-state index contributed by atoms with van der Waals surface area (Å²) in [4.78, 5) is 12.0. The van der Waals surface area contributed by atoms with Gasteiger partial charge in [-0.25, -0.2) is 8.78 Å². The van der Waals surface area contributed by atoms with Crippen molar-refractivity contribution in [1.29, 1.82) is 0 Å². The summed E-state index contributed by atoms with van der Waals surface area (Å²) < 4.78 is 28.8. The van der Waals surface area contributed by atoms with Crippen LogP contribution < -0.4 is 0 Å². The Hall–Kier alpha value is -2.04. The van der Waals surface area contributed by atoms with E-state index in [1.807, 2.05) is 13.8 Å². The molecule has 20 heavy (non-hydrogen) atoms. The summed E-state index contributed by atoms with van der Waals surface area (Å²) in [5.41, 5.74) is 0.0172. The molecule has 0 aliphatic heterocycles. The maximum absolute atomic E-state index is 13.5. The molecule has 1 aromatic heterocycles. The molecule has 1 heterocycles. The van der Waals surface area contributed by atoms with Gasteiger partial charge in [0.05, 0.1) is 17.7 Å². The van der Waals surface area contributed by atoms with Crippen LogP contribution in [0.1, 0.15) is 42.4 Å². The summed E-state index contributed by atoms with van der Waals surface area (Å²) in [6.45, 7) is 4.04. The lowest BCUT2D eigenvalue weighted by Gasteiger charge is -2.08. The quantitative estimate of drug-likeness (QED) is 0.784. The zero-order valence-corrected chi connectivity index (χ0v) is 11.4. The minimum atomic E-state index is -0.837. The Morgan fingerprint density at radius 3 is 2.55 bits per heavy atom. The van der Waals surface area contributed by atoms with Gasteiger partial charge >= 0.3 is 0 Å². The highest BCUT2D eigenvalue weighted by Gasteiger charge is 2.18. The third kappa shape index (κ3) is 2.92. The molecule has 106 valence electrons. The lowest BCUT2D eigenvalue weighted by Crippen LogP contribution is -2.10. The third-order valence-corrected chi connectivity index (χ3v) is 3.29. The summed E-state index contributed by atoms with van der Waals surface area (Å²) in [5.74, 6) is -2.28. The van der Waals surface area contributed by atoms with Crippen molar-refractivity contribution >= 4 is 5.78 Å². The molecule has 0 N–H and O–H groups in total. The smallest absolute Gasteiger partial charge is 0.174 e. The monoisotopic (exact) mass is 278 g/mol. The second-order valence-corrected chi connectivity index (χ2v) is 4.74. The van der Waals surface area contributed by atoms with Crippen molar-refractivity contribution < 1.29 is 13.6 Å². The molecule has 0 aliphatic rings. The largest absolute Gasteiger partial charge is 0.294 e. The summed E-state index contributed by atoms with van der Waals surface area (Å²) in [7, 11) is 0. The highest BCUT2D eigenvalue weighted by Crippen LogP contribution is 2.16. The number of carbonyl (C=O) groups excluding carboxylic acids is 1. The van der Waals surface area contributed by atoms with Crippen molar-refractivity contribution in [2.24, 2.45) is 0 Å². The van der Waals surface area contributed by atoms with Gasteiger partial charge in [0.15, 0.2) is 5.78 Å². The van der Waals surface area contributed by atoms with Crippen molar-refractivity contribution in [3.8, 4) is 0 Å². The molecule has 0 aliphatic carbocycles. The standard InChI is InChI=1S/C15H16F2N2O/c1-3-10(2)19-8-7-11(18-19)9-14(20)15-12(16)5-4-6-13(15)17/h4-8,10H,3,9H2,1-2H3. The number of carbonyl (C=O) groups is 1. The topological polar surface area (TPSA) is 34.9 Å². The summed E-state index contributed by atoms with van der Waals surface area (Å²) >= 11 is 0. The summed E-state index contributed by atoms with van der Waals surface area (Å²) in [6, 6.07) is 5.31. The van der Waals surface area contributed by atoms with E-state index in [0.29, 0.717) is 5.69 Å². The number of Topliss-reactive ketones (excluding diaryl/α,β-unsaturated/α-hetero) is 1. The molecule has 1 unspecified atom stereocenters. The average molecular weight is 278 g/mol. The van der Waals surface area contributed by atoms with E-state index in [2.05, 4.69) is 5.10 Å². The number of hydrogen-bond acceptors (Lipinski definition) is 2. The van der Waals surface area contributed by atoms with Crippen LogP contribution >= 0.6 is 0 Å². The molecular weight excluding hydrogens is 262 g/mol. The van der Waals surface area contributed by atoms with Gasteiger partial charge < -0.3 is 0 Å². The molecule has 1 atom stereocenters. The fourth-order valence-electron chi connectivity index (χ4n) is 1.92. The molecule has 0 radical (unpaired) electrons. The van der Waals surface area contributed by atoms with E-state index in [4.69, 9.17) is 0 Å². The molecule has 5 heteroatoms. The first kappa shape index (κ1) is 14.4. The Labute approximate surface area is 116 Å². The van der Waals surface area contributed by atoms with Gasteiger partial charge in [0.1, 0.15) is 11.6 Å². The van der Waals surface area contributed by atoms with Gasteiger partial charge in [-0.15, -0.1) is 0 Å². The van der Waals surface area contributed by atoms with E-state index in [1.165, 1.54) is 6.07 Å². The Morgan fingerprint density at radius 2 is 1.95 bits per heavy atom. The molecule has 2 aromatic rings. The minimum absolute atomic E-state index is 0.110.